The van der Waals surface area contributed by atoms with Gasteiger partial charge in [0, 0.05) is 11.9 Å². The molecule has 0 aliphatic heterocycles. The second kappa shape index (κ2) is 7.42. The lowest BCUT2D eigenvalue weighted by Gasteiger charge is -2.09. The lowest BCUT2D eigenvalue weighted by molar-refractivity contribution is 0.389. The molecule has 0 aliphatic rings. The zero-order valence-corrected chi connectivity index (χ0v) is 15.7. The van der Waals surface area contributed by atoms with Crippen molar-refractivity contribution in [2.75, 3.05) is 20.6 Å². The molecule has 0 N–H and O–H groups in total. The first-order valence-electron chi connectivity index (χ1n) is 9.52. The van der Waals surface area contributed by atoms with E-state index in [1.54, 1.807) is 0 Å². The largest absolute Gasteiger partial charge is 0.324 e. The summed E-state index contributed by atoms with van der Waals surface area (Å²) in [5, 5.41) is 1.20. The van der Waals surface area contributed by atoms with E-state index in [-0.39, 0.29) is 0 Å². The first-order valence-corrected chi connectivity index (χ1v) is 9.52. The summed E-state index contributed by atoms with van der Waals surface area (Å²) in [5.41, 5.74) is 5.21. The third-order valence-corrected chi connectivity index (χ3v) is 4.99. The molecule has 4 rings (SSSR count). The number of nitrogens with zero attached hydrogens (tertiary/aromatic N) is 4. The monoisotopic (exact) mass is 346 g/mol. The molecule has 0 atom stereocenters. The summed E-state index contributed by atoms with van der Waals surface area (Å²) in [5.74, 6) is 0. The SMILES string of the molecule is CN(C)CCCCCCn1c2ccccc2c2nc3ccccc3nc21. The van der Waals surface area contributed by atoms with Crippen molar-refractivity contribution >= 4 is 33.1 Å². The molecule has 0 unspecified atom stereocenters. The van der Waals surface area contributed by atoms with E-state index in [9.17, 15) is 0 Å². The minimum atomic E-state index is 0.964. The van der Waals surface area contributed by atoms with Gasteiger partial charge >= 0.3 is 0 Å². The number of benzene rings is 2. The average molecular weight is 346 g/mol. The number of para-hydroxylation sites is 3. The fourth-order valence-corrected chi connectivity index (χ4v) is 3.66. The van der Waals surface area contributed by atoms with Gasteiger partial charge in [0.15, 0.2) is 5.65 Å². The van der Waals surface area contributed by atoms with E-state index in [4.69, 9.17) is 9.97 Å². The second-order valence-corrected chi connectivity index (χ2v) is 7.27. The molecule has 2 aromatic heterocycles. The maximum atomic E-state index is 4.95. The minimum absolute atomic E-state index is 0.964. The van der Waals surface area contributed by atoms with E-state index in [1.165, 1.54) is 43.1 Å². The number of unbranched alkanes of at least 4 members (excludes halogenated alkanes) is 3. The van der Waals surface area contributed by atoms with Gasteiger partial charge in [-0.2, -0.15) is 0 Å². The van der Waals surface area contributed by atoms with Gasteiger partial charge in [0.2, 0.25) is 0 Å². The Morgan fingerprint density at radius 1 is 0.808 bits per heavy atom. The molecular formula is C22H26N4. The van der Waals surface area contributed by atoms with E-state index in [0.29, 0.717) is 0 Å². The number of fused-ring (bicyclic) bond motifs is 4. The smallest absolute Gasteiger partial charge is 0.160 e. The number of hydrogen-bond donors (Lipinski definition) is 0. The van der Waals surface area contributed by atoms with E-state index in [2.05, 4.69) is 47.8 Å². The van der Waals surface area contributed by atoms with E-state index >= 15 is 0 Å². The Kier molecular flexibility index (Phi) is 4.85. The molecule has 0 aliphatic carbocycles. The van der Waals surface area contributed by atoms with Crippen molar-refractivity contribution in [2.24, 2.45) is 0 Å². The van der Waals surface area contributed by atoms with Crippen molar-refractivity contribution in [1.29, 1.82) is 0 Å². The van der Waals surface area contributed by atoms with Crippen molar-refractivity contribution in [3.63, 3.8) is 0 Å². The van der Waals surface area contributed by atoms with Crippen LogP contribution in [-0.4, -0.2) is 40.1 Å². The molecule has 0 amide bonds. The van der Waals surface area contributed by atoms with Gasteiger partial charge in [-0.3, -0.25) is 0 Å². The van der Waals surface area contributed by atoms with Crippen molar-refractivity contribution in [2.45, 2.75) is 32.2 Å². The van der Waals surface area contributed by atoms with Crippen LogP contribution in [0.1, 0.15) is 25.7 Å². The maximum absolute atomic E-state index is 4.95. The molecule has 4 heteroatoms. The van der Waals surface area contributed by atoms with Crippen LogP contribution in [0.2, 0.25) is 0 Å². The van der Waals surface area contributed by atoms with Gasteiger partial charge in [-0.05, 0) is 51.7 Å². The van der Waals surface area contributed by atoms with Crippen LogP contribution < -0.4 is 0 Å². The second-order valence-electron chi connectivity index (χ2n) is 7.27. The predicted molar refractivity (Wildman–Crippen MR) is 110 cm³/mol. The van der Waals surface area contributed by atoms with Crippen LogP contribution >= 0.6 is 0 Å². The summed E-state index contributed by atoms with van der Waals surface area (Å²) >= 11 is 0. The fourth-order valence-electron chi connectivity index (χ4n) is 3.66. The van der Waals surface area contributed by atoms with E-state index in [1.807, 2.05) is 24.3 Å². The Labute approximate surface area is 154 Å². The molecule has 0 saturated carbocycles. The molecule has 4 nitrogen and oxygen atoms in total. The van der Waals surface area contributed by atoms with Crippen molar-refractivity contribution in [3.05, 3.63) is 48.5 Å². The van der Waals surface area contributed by atoms with Gasteiger partial charge in [0.05, 0.1) is 16.6 Å². The molecule has 0 bridgehead atoms. The average Bonchev–Trinajstić information content (AvgIpc) is 2.95. The molecule has 134 valence electrons. The Bertz CT molecular complexity index is 1030. The topological polar surface area (TPSA) is 34.0 Å². The summed E-state index contributed by atoms with van der Waals surface area (Å²) in [4.78, 5) is 12.1. The van der Waals surface area contributed by atoms with Gasteiger partial charge in [-0.1, -0.05) is 43.2 Å². The van der Waals surface area contributed by atoms with Crippen molar-refractivity contribution in [3.8, 4) is 0 Å². The molecule has 26 heavy (non-hydrogen) atoms. The van der Waals surface area contributed by atoms with Crippen molar-refractivity contribution < 1.29 is 0 Å². The first kappa shape index (κ1) is 17.0. The molecule has 0 radical (unpaired) electrons. The fraction of sp³-hybridized carbons (Fsp3) is 0.364. The quantitative estimate of drug-likeness (QED) is 0.448. The minimum Gasteiger partial charge on any atom is -0.324 e. The lowest BCUT2D eigenvalue weighted by Crippen LogP contribution is -2.12. The number of aromatic nitrogens is 3. The number of rotatable bonds is 7. The predicted octanol–water partition coefficient (Wildman–Crippen LogP) is 4.86. The highest BCUT2D eigenvalue weighted by molar-refractivity contribution is 6.06. The van der Waals surface area contributed by atoms with Crippen LogP contribution in [0.15, 0.2) is 48.5 Å². The molecule has 0 fully saturated rings. The van der Waals surface area contributed by atoms with E-state index < -0.39 is 0 Å². The third kappa shape index (κ3) is 3.29. The lowest BCUT2D eigenvalue weighted by atomic mass is 10.2. The Morgan fingerprint density at radius 3 is 2.31 bits per heavy atom. The Hall–Kier alpha value is -2.46. The zero-order valence-electron chi connectivity index (χ0n) is 15.7. The summed E-state index contributed by atoms with van der Waals surface area (Å²) < 4.78 is 2.36. The number of hydrogen-bond acceptors (Lipinski definition) is 3. The highest BCUT2D eigenvalue weighted by atomic mass is 15.1. The molecule has 2 heterocycles. The normalized spacial score (nSPS) is 12.0. The van der Waals surface area contributed by atoms with Gasteiger partial charge in [0.25, 0.3) is 0 Å². The third-order valence-electron chi connectivity index (χ3n) is 4.99. The Balaban J connectivity index is 1.64. The van der Waals surface area contributed by atoms with Crippen LogP contribution in [0.25, 0.3) is 33.1 Å². The van der Waals surface area contributed by atoms with Gasteiger partial charge in [-0.15, -0.1) is 0 Å². The van der Waals surface area contributed by atoms with Gasteiger partial charge in [-0.25, -0.2) is 9.97 Å². The standard InChI is InChI=1S/C22H26N4/c1-25(2)15-9-3-4-10-16-26-20-14-8-5-11-17(20)21-22(26)24-19-13-7-6-12-18(19)23-21/h5-8,11-14H,3-4,9-10,15-16H2,1-2H3. The highest BCUT2D eigenvalue weighted by Crippen LogP contribution is 2.28. The first-order chi connectivity index (χ1) is 12.7. The van der Waals surface area contributed by atoms with Crippen LogP contribution in [0.5, 0.6) is 0 Å². The van der Waals surface area contributed by atoms with Gasteiger partial charge < -0.3 is 9.47 Å². The summed E-state index contributed by atoms with van der Waals surface area (Å²) in [6.07, 6.45) is 4.98. The molecule has 0 saturated heterocycles. The molecule has 4 aromatic rings. The zero-order chi connectivity index (χ0) is 17.9. The highest BCUT2D eigenvalue weighted by Gasteiger charge is 2.13. The maximum Gasteiger partial charge on any atom is 0.160 e. The number of aryl methyl sites for hydroxylation is 1. The van der Waals surface area contributed by atoms with Gasteiger partial charge in [0.1, 0.15) is 5.52 Å². The Morgan fingerprint density at radius 2 is 1.50 bits per heavy atom. The van der Waals surface area contributed by atoms with Crippen LogP contribution in [0.4, 0.5) is 0 Å². The van der Waals surface area contributed by atoms with E-state index in [0.717, 1.165) is 28.7 Å². The van der Waals surface area contributed by atoms with Crippen LogP contribution in [0.3, 0.4) is 0 Å². The molecule has 0 spiro atoms. The summed E-state index contributed by atoms with van der Waals surface area (Å²) in [7, 11) is 4.28. The molecule has 2 aromatic carbocycles. The van der Waals surface area contributed by atoms with Crippen molar-refractivity contribution in [1.82, 2.24) is 19.4 Å². The summed E-state index contributed by atoms with van der Waals surface area (Å²) in [6, 6.07) is 16.7. The molecular weight excluding hydrogens is 320 g/mol. The van der Waals surface area contributed by atoms with Crippen LogP contribution in [0, 0.1) is 0 Å². The summed E-state index contributed by atoms with van der Waals surface area (Å²) in [6.45, 7) is 2.17. The van der Waals surface area contributed by atoms with Crippen LogP contribution in [-0.2, 0) is 6.54 Å².